The molecule has 0 unspecified atom stereocenters. The van der Waals surface area contributed by atoms with Crippen molar-refractivity contribution >= 4 is 0 Å². The highest BCUT2D eigenvalue weighted by atomic mass is 19.1. The summed E-state index contributed by atoms with van der Waals surface area (Å²) in [6.45, 7) is 9.37. The van der Waals surface area contributed by atoms with Crippen molar-refractivity contribution < 1.29 is 4.39 Å². The first-order valence-corrected chi connectivity index (χ1v) is 7.05. The van der Waals surface area contributed by atoms with Crippen LogP contribution in [0.2, 0.25) is 0 Å². The third kappa shape index (κ3) is 4.65. The van der Waals surface area contributed by atoms with E-state index in [1.165, 1.54) is 18.9 Å². The van der Waals surface area contributed by atoms with Crippen LogP contribution in [0.1, 0.15) is 44.7 Å². The Bertz CT molecular complexity index is 433. The standard InChI is InChI=1S/C16H23FN2/c1-4-13(5-2)11-19(6-3)12-14-7-8-16(17)15(9-14)10-18/h7-9,13H,4-6,11-12H2,1-3H3. The van der Waals surface area contributed by atoms with Gasteiger partial charge in [-0.15, -0.1) is 0 Å². The van der Waals surface area contributed by atoms with Crippen molar-refractivity contribution in [2.45, 2.75) is 40.2 Å². The van der Waals surface area contributed by atoms with E-state index in [-0.39, 0.29) is 5.56 Å². The number of hydrogen-bond donors (Lipinski definition) is 0. The maximum Gasteiger partial charge on any atom is 0.140 e. The lowest BCUT2D eigenvalue weighted by Gasteiger charge is -2.25. The molecule has 19 heavy (non-hydrogen) atoms. The lowest BCUT2D eigenvalue weighted by atomic mass is 10.0. The summed E-state index contributed by atoms with van der Waals surface area (Å²) >= 11 is 0. The summed E-state index contributed by atoms with van der Waals surface area (Å²) in [4.78, 5) is 2.35. The zero-order chi connectivity index (χ0) is 14.3. The summed E-state index contributed by atoms with van der Waals surface area (Å²) in [5, 5.41) is 8.85. The molecule has 0 bridgehead atoms. The van der Waals surface area contributed by atoms with Crippen molar-refractivity contribution in [3.05, 3.63) is 35.1 Å². The Morgan fingerprint density at radius 1 is 1.26 bits per heavy atom. The van der Waals surface area contributed by atoms with Gasteiger partial charge in [0, 0.05) is 13.1 Å². The number of benzene rings is 1. The van der Waals surface area contributed by atoms with Crippen molar-refractivity contribution in [2.24, 2.45) is 5.92 Å². The third-order valence-corrected chi connectivity index (χ3v) is 3.68. The summed E-state index contributed by atoms with van der Waals surface area (Å²) in [5.41, 5.74) is 1.14. The Morgan fingerprint density at radius 2 is 1.95 bits per heavy atom. The molecule has 2 nitrogen and oxygen atoms in total. The highest BCUT2D eigenvalue weighted by Crippen LogP contribution is 2.15. The number of nitrogens with zero attached hydrogens (tertiary/aromatic N) is 2. The zero-order valence-electron chi connectivity index (χ0n) is 12.1. The third-order valence-electron chi connectivity index (χ3n) is 3.68. The second-order valence-electron chi connectivity index (χ2n) is 4.94. The van der Waals surface area contributed by atoms with E-state index in [1.54, 1.807) is 12.1 Å². The van der Waals surface area contributed by atoms with Gasteiger partial charge in [0.25, 0.3) is 0 Å². The van der Waals surface area contributed by atoms with Crippen LogP contribution in [0.4, 0.5) is 4.39 Å². The van der Waals surface area contributed by atoms with Gasteiger partial charge in [0.2, 0.25) is 0 Å². The van der Waals surface area contributed by atoms with Crippen LogP contribution < -0.4 is 0 Å². The maximum atomic E-state index is 13.3. The second-order valence-corrected chi connectivity index (χ2v) is 4.94. The molecule has 3 heteroatoms. The van der Waals surface area contributed by atoms with Gasteiger partial charge in [0.15, 0.2) is 0 Å². The molecule has 0 saturated carbocycles. The van der Waals surface area contributed by atoms with Crippen LogP contribution in [0, 0.1) is 23.1 Å². The fourth-order valence-corrected chi connectivity index (χ4v) is 2.23. The van der Waals surface area contributed by atoms with Crippen LogP contribution in [-0.2, 0) is 6.54 Å². The molecule has 0 aliphatic carbocycles. The minimum Gasteiger partial charge on any atom is -0.299 e. The predicted octanol–water partition coefficient (Wildman–Crippen LogP) is 3.96. The smallest absolute Gasteiger partial charge is 0.140 e. The Labute approximate surface area is 115 Å². The first-order chi connectivity index (χ1) is 9.14. The predicted molar refractivity (Wildman–Crippen MR) is 76.1 cm³/mol. The highest BCUT2D eigenvalue weighted by Gasteiger charge is 2.11. The molecule has 0 saturated heterocycles. The fourth-order valence-electron chi connectivity index (χ4n) is 2.23. The van der Waals surface area contributed by atoms with Crippen LogP contribution >= 0.6 is 0 Å². The molecule has 0 spiro atoms. The van der Waals surface area contributed by atoms with Gasteiger partial charge in [-0.1, -0.05) is 39.7 Å². The summed E-state index contributed by atoms with van der Waals surface area (Å²) in [5.74, 6) is 0.269. The number of nitriles is 1. The molecule has 0 aliphatic heterocycles. The molecule has 0 N–H and O–H groups in total. The van der Waals surface area contributed by atoms with E-state index in [2.05, 4.69) is 25.7 Å². The summed E-state index contributed by atoms with van der Waals surface area (Å²) < 4.78 is 13.3. The Balaban J connectivity index is 2.73. The lowest BCUT2D eigenvalue weighted by Crippen LogP contribution is -2.28. The minimum absolute atomic E-state index is 0.135. The van der Waals surface area contributed by atoms with Crippen molar-refractivity contribution in [3.63, 3.8) is 0 Å². The van der Waals surface area contributed by atoms with Gasteiger partial charge in [0.1, 0.15) is 11.9 Å². The number of rotatable bonds is 7. The van der Waals surface area contributed by atoms with Crippen molar-refractivity contribution in [2.75, 3.05) is 13.1 Å². The van der Waals surface area contributed by atoms with Crippen LogP contribution in [0.5, 0.6) is 0 Å². The number of halogens is 1. The van der Waals surface area contributed by atoms with Crippen molar-refractivity contribution in [3.8, 4) is 6.07 Å². The molecule has 104 valence electrons. The molecule has 0 heterocycles. The van der Waals surface area contributed by atoms with E-state index in [9.17, 15) is 4.39 Å². The summed E-state index contributed by atoms with van der Waals surface area (Å²) in [6, 6.07) is 6.71. The first-order valence-electron chi connectivity index (χ1n) is 7.05. The summed E-state index contributed by atoms with van der Waals surface area (Å²) in [6.07, 6.45) is 2.36. The van der Waals surface area contributed by atoms with Crippen LogP contribution in [0.15, 0.2) is 18.2 Å². The fraction of sp³-hybridized carbons (Fsp3) is 0.562. The maximum absolute atomic E-state index is 13.3. The van der Waals surface area contributed by atoms with E-state index in [4.69, 9.17) is 5.26 Å². The first kappa shape index (κ1) is 15.7. The molecule has 1 rings (SSSR count). The van der Waals surface area contributed by atoms with Crippen LogP contribution in [-0.4, -0.2) is 18.0 Å². The molecule has 0 amide bonds. The average molecular weight is 262 g/mol. The zero-order valence-corrected chi connectivity index (χ0v) is 12.1. The molecule has 0 radical (unpaired) electrons. The topological polar surface area (TPSA) is 27.0 Å². The number of hydrogen-bond acceptors (Lipinski definition) is 2. The van der Waals surface area contributed by atoms with Gasteiger partial charge in [-0.2, -0.15) is 5.26 Å². The van der Waals surface area contributed by atoms with E-state index < -0.39 is 5.82 Å². The van der Waals surface area contributed by atoms with Gasteiger partial charge in [-0.3, -0.25) is 4.90 Å². The molecule has 1 aromatic carbocycles. The SMILES string of the molecule is CCC(CC)CN(CC)Cc1ccc(F)c(C#N)c1. The quantitative estimate of drug-likeness (QED) is 0.743. The summed E-state index contributed by atoms with van der Waals surface area (Å²) in [7, 11) is 0. The van der Waals surface area contributed by atoms with E-state index >= 15 is 0 Å². The van der Waals surface area contributed by atoms with Crippen LogP contribution in [0.25, 0.3) is 0 Å². The van der Waals surface area contributed by atoms with E-state index in [1.807, 2.05) is 6.07 Å². The van der Waals surface area contributed by atoms with Gasteiger partial charge >= 0.3 is 0 Å². The normalized spacial score (nSPS) is 11.0. The van der Waals surface area contributed by atoms with Crippen molar-refractivity contribution in [1.29, 1.82) is 5.26 Å². The molecule has 0 aliphatic rings. The second kappa shape index (κ2) is 7.91. The highest BCUT2D eigenvalue weighted by molar-refractivity contribution is 5.34. The van der Waals surface area contributed by atoms with Gasteiger partial charge in [0.05, 0.1) is 5.56 Å². The lowest BCUT2D eigenvalue weighted by molar-refractivity contribution is 0.226. The minimum atomic E-state index is -0.436. The Morgan fingerprint density at radius 3 is 2.47 bits per heavy atom. The monoisotopic (exact) mass is 262 g/mol. The van der Waals surface area contributed by atoms with Gasteiger partial charge < -0.3 is 0 Å². The van der Waals surface area contributed by atoms with E-state index in [0.717, 1.165) is 25.2 Å². The molecular formula is C16H23FN2. The molecule has 0 fully saturated rings. The average Bonchev–Trinajstić information content (AvgIpc) is 2.45. The largest absolute Gasteiger partial charge is 0.299 e. The van der Waals surface area contributed by atoms with E-state index in [0.29, 0.717) is 5.92 Å². The van der Waals surface area contributed by atoms with Crippen LogP contribution in [0.3, 0.4) is 0 Å². The van der Waals surface area contributed by atoms with Gasteiger partial charge in [-0.25, -0.2) is 4.39 Å². The Hall–Kier alpha value is -1.40. The van der Waals surface area contributed by atoms with Gasteiger partial charge in [-0.05, 0) is 30.2 Å². The molecule has 0 aromatic heterocycles. The molecular weight excluding hydrogens is 239 g/mol. The van der Waals surface area contributed by atoms with Crippen molar-refractivity contribution in [1.82, 2.24) is 4.90 Å². The Kier molecular flexibility index (Phi) is 6.52. The molecule has 1 aromatic rings. The molecule has 0 atom stereocenters.